The molecule has 1 atom stereocenters. The predicted octanol–water partition coefficient (Wildman–Crippen LogP) is 4.26. The molecule has 1 aliphatic heterocycles. The third-order valence-corrected chi connectivity index (χ3v) is 4.95. The molecule has 0 radical (unpaired) electrons. The summed E-state index contributed by atoms with van der Waals surface area (Å²) in [6.07, 6.45) is 2.04. The van der Waals surface area contributed by atoms with Gasteiger partial charge >= 0.3 is 0 Å². The molecule has 29 heavy (non-hydrogen) atoms. The first-order valence-electron chi connectivity index (χ1n) is 8.85. The van der Waals surface area contributed by atoms with E-state index < -0.39 is 5.91 Å². The lowest BCUT2D eigenvalue weighted by Gasteiger charge is -2.25. The van der Waals surface area contributed by atoms with Gasteiger partial charge in [0.15, 0.2) is 5.76 Å². The molecule has 8 heteroatoms. The first-order valence-corrected chi connectivity index (χ1v) is 9.23. The van der Waals surface area contributed by atoms with Crippen molar-refractivity contribution in [3.8, 4) is 0 Å². The number of amides is 2. The molecule has 1 aliphatic rings. The first-order chi connectivity index (χ1) is 13.6. The van der Waals surface area contributed by atoms with Gasteiger partial charge in [-0.15, -0.1) is 12.4 Å². The smallest absolute Gasteiger partial charge is 0.291 e. The Balaban J connectivity index is 0.00000240. The number of anilines is 2. The van der Waals surface area contributed by atoms with Crippen molar-refractivity contribution in [2.24, 2.45) is 0 Å². The van der Waals surface area contributed by atoms with Crippen LogP contribution in [0.4, 0.5) is 11.4 Å². The van der Waals surface area contributed by atoms with Crippen molar-refractivity contribution in [3.63, 3.8) is 0 Å². The Morgan fingerprint density at radius 2 is 1.83 bits per heavy atom. The molecule has 0 saturated heterocycles. The van der Waals surface area contributed by atoms with Gasteiger partial charge in [0.05, 0.1) is 23.0 Å². The maximum Gasteiger partial charge on any atom is 0.291 e. The fraction of sp³-hybridized carbons (Fsp3) is 0.143. The minimum Gasteiger partial charge on any atom is -0.459 e. The first kappa shape index (κ1) is 20.9. The van der Waals surface area contributed by atoms with Gasteiger partial charge in [0, 0.05) is 12.2 Å². The maximum absolute atomic E-state index is 12.7. The second-order valence-corrected chi connectivity index (χ2v) is 6.93. The number of rotatable bonds is 4. The maximum atomic E-state index is 12.7. The quantitative estimate of drug-likeness (QED) is 0.576. The Morgan fingerprint density at radius 3 is 2.59 bits per heavy atom. The molecular weight excluding hydrogens is 413 g/mol. The summed E-state index contributed by atoms with van der Waals surface area (Å²) in [6, 6.07) is 15.9. The van der Waals surface area contributed by atoms with Crippen molar-refractivity contribution in [2.45, 2.75) is 19.0 Å². The van der Waals surface area contributed by atoms with Crippen LogP contribution >= 0.6 is 24.0 Å². The molecule has 0 aliphatic carbocycles. The molecular formula is C21H19Cl2N3O3. The molecule has 4 rings (SSSR count). The van der Waals surface area contributed by atoms with Gasteiger partial charge in [-0.2, -0.15) is 0 Å². The molecule has 0 spiro atoms. The number of furan rings is 1. The summed E-state index contributed by atoms with van der Waals surface area (Å²) in [5, 5.41) is 9.19. The van der Waals surface area contributed by atoms with Crippen molar-refractivity contribution < 1.29 is 14.0 Å². The normalized spacial score (nSPS) is 15.0. The van der Waals surface area contributed by atoms with E-state index in [2.05, 4.69) is 22.0 Å². The van der Waals surface area contributed by atoms with E-state index in [9.17, 15) is 9.59 Å². The summed E-state index contributed by atoms with van der Waals surface area (Å²) in [4.78, 5) is 24.8. The number of halogens is 2. The Morgan fingerprint density at radius 1 is 1.03 bits per heavy atom. The third-order valence-electron chi connectivity index (χ3n) is 4.62. The fourth-order valence-electron chi connectivity index (χ4n) is 3.16. The van der Waals surface area contributed by atoms with Crippen LogP contribution in [0, 0.1) is 0 Å². The molecule has 0 unspecified atom stereocenters. The summed E-state index contributed by atoms with van der Waals surface area (Å²) in [5.41, 5.74) is 3.32. The van der Waals surface area contributed by atoms with Gasteiger partial charge < -0.3 is 20.4 Å². The van der Waals surface area contributed by atoms with Crippen LogP contribution in [-0.4, -0.2) is 17.9 Å². The average Bonchev–Trinajstić information content (AvgIpc) is 3.25. The number of carbonyl (C=O) groups is 2. The molecule has 3 N–H and O–H groups in total. The van der Waals surface area contributed by atoms with E-state index in [0.717, 1.165) is 0 Å². The van der Waals surface area contributed by atoms with Crippen molar-refractivity contribution in [2.75, 3.05) is 10.6 Å². The van der Waals surface area contributed by atoms with Crippen molar-refractivity contribution >= 4 is 47.2 Å². The van der Waals surface area contributed by atoms with E-state index in [1.54, 1.807) is 30.3 Å². The van der Waals surface area contributed by atoms with Crippen LogP contribution in [0.15, 0.2) is 65.3 Å². The highest BCUT2D eigenvalue weighted by Crippen LogP contribution is 2.26. The Kier molecular flexibility index (Phi) is 6.59. The molecule has 0 bridgehead atoms. The standard InChI is InChI=1S/C21H18ClN3O3.ClH/c22-16-8-7-15(11-17(16)25-21(27)19-6-3-9-28-19)24-20(26)18-10-13-4-1-2-5-14(13)12-23-18;/h1-9,11,18,23H,10,12H2,(H,24,26)(H,25,27);1H/t18-;/m1./s1. The highest BCUT2D eigenvalue weighted by Gasteiger charge is 2.24. The zero-order chi connectivity index (χ0) is 19.5. The minimum absolute atomic E-state index is 0. The molecule has 0 fully saturated rings. The number of hydrogen-bond acceptors (Lipinski definition) is 4. The third kappa shape index (κ3) is 4.79. The summed E-state index contributed by atoms with van der Waals surface area (Å²) in [5.74, 6) is -0.378. The molecule has 3 aromatic rings. The number of fused-ring (bicyclic) bond motifs is 1. The lowest BCUT2D eigenvalue weighted by Crippen LogP contribution is -2.44. The Labute approximate surface area is 179 Å². The molecule has 1 aromatic heterocycles. The van der Waals surface area contributed by atoms with Gasteiger partial charge in [-0.25, -0.2) is 0 Å². The Bertz CT molecular complexity index is 1020. The van der Waals surface area contributed by atoms with Gasteiger partial charge in [-0.05, 0) is 47.9 Å². The van der Waals surface area contributed by atoms with Crippen LogP contribution in [-0.2, 0) is 17.8 Å². The van der Waals surface area contributed by atoms with Crippen LogP contribution in [0.25, 0.3) is 0 Å². The van der Waals surface area contributed by atoms with E-state index in [-0.39, 0.29) is 30.1 Å². The van der Waals surface area contributed by atoms with E-state index in [4.69, 9.17) is 16.0 Å². The molecule has 150 valence electrons. The summed E-state index contributed by atoms with van der Waals surface area (Å²) in [7, 11) is 0. The monoisotopic (exact) mass is 431 g/mol. The highest BCUT2D eigenvalue weighted by molar-refractivity contribution is 6.34. The number of benzene rings is 2. The van der Waals surface area contributed by atoms with E-state index in [0.29, 0.717) is 29.4 Å². The average molecular weight is 432 g/mol. The second kappa shape index (κ2) is 9.13. The number of nitrogens with one attached hydrogen (secondary N) is 3. The lowest BCUT2D eigenvalue weighted by molar-refractivity contribution is -0.118. The topological polar surface area (TPSA) is 83.4 Å². The van der Waals surface area contributed by atoms with Gasteiger partial charge in [-0.3, -0.25) is 9.59 Å². The summed E-state index contributed by atoms with van der Waals surface area (Å²) in [6.45, 7) is 0.652. The van der Waals surface area contributed by atoms with Crippen LogP contribution in [0.3, 0.4) is 0 Å². The van der Waals surface area contributed by atoms with Crippen LogP contribution in [0.5, 0.6) is 0 Å². The van der Waals surface area contributed by atoms with E-state index >= 15 is 0 Å². The van der Waals surface area contributed by atoms with Crippen molar-refractivity contribution in [1.29, 1.82) is 0 Å². The largest absolute Gasteiger partial charge is 0.459 e. The van der Waals surface area contributed by atoms with E-state index in [1.807, 2.05) is 18.2 Å². The summed E-state index contributed by atoms with van der Waals surface area (Å²) >= 11 is 6.17. The van der Waals surface area contributed by atoms with Crippen molar-refractivity contribution in [1.82, 2.24) is 5.32 Å². The molecule has 6 nitrogen and oxygen atoms in total. The summed E-state index contributed by atoms with van der Waals surface area (Å²) < 4.78 is 5.08. The van der Waals surface area contributed by atoms with Gasteiger partial charge in [0.1, 0.15) is 0 Å². The second-order valence-electron chi connectivity index (χ2n) is 6.52. The zero-order valence-electron chi connectivity index (χ0n) is 15.3. The lowest BCUT2D eigenvalue weighted by atomic mass is 9.95. The molecule has 2 aromatic carbocycles. The highest BCUT2D eigenvalue weighted by atomic mass is 35.5. The number of carbonyl (C=O) groups excluding carboxylic acids is 2. The van der Waals surface area contributed by atoms with E-state index in [1.165, 1.54) is 17.4 Å². The molecule has 2 heterocycles. The SMILES string of the molecule is Cl.O=C(Nc1cc(NC(=O)[C@H]2Cc3ccccc3CN2)ccc1Cl)c1ccco1. The fourth-order valence-corrected chi connectivity index (χ4v) is 3.32. The van der Waals surface area contributed by atoms with Crippen LogP contribution in [0.1, 0.15) is 21.7 Å². The van der Waals surface area contributed by atoms with Gasteiger partial charge in [0.25, 0.3) is 5.91 Å². The van der Waals surface area contributed by atoms with Crippen molar-refractivity contribution in [3.05, 3.63) is 82.8 Å². The van der Waals surface area contributed by atoms with Crippen LogP contribution in [0.2, 0.25) is 5.02 Å². The minimum atomic E-state index is -0.416. The molecule has 0 saturated carbocycles. The number of hydrogen-bond donors (Lipinski definition) is 3. The Hall–Kier alpha value is -2.80. The zero-order valence-corrected chi connectivity index (χ0v) is 16.8. The molecule has 2 amide bonds. The van der Waals surface area contributed by atoms with Gasteiger partial charge in [0.2, 0.25) is 5.91 Å². The van der Waals surface area contributed by atoms with Gasteiger partial charge in [-0.1, -0.05) is 35.9 Å². The predicted molar refractivity (Wildman–Crippen MR) is 115 cm³/mol. The van der Waals surface area contributed by atoms with Crippen LogP contribution < -0.4 is 16.0 Å².